The van der Waals surface area contributed by atoms with Crippen LogP contribution in [0.2, 0.25) is 0 Å². The summed E-state index contributed by atoms with van der Waals surface area (Å²) in [6.45, 7) is 4.97. The number of β-amino-alcohol motifs (C(OH)–C–C–N with tert-alkyl or cyclic N) is 1. The van der Waals surface area contributed by atoms with E-state index in [0.717, 1.165) is 22.7 Å². The van der Waals surface area contributed by atoms with Gasteiger partial charge in [-0.3, -0.25) is 9.48 Å². The molecule has 0 bridgehead atoms. The van der Waals surface area contributed by atoms with Crippen molar-refractivity contribution in [3.8, 4) is 10.6 Å². The van der Waals surface area contributed by atoms with Crippen molar-refractivity contribution in [2.75, 3.05) is 13.1 Å². The van der Waals surface area contributed by atoms with E-state index in [1.807, 2.05) is 27.1 Å². The maximum absolute atomic E-state index is 12.7. The van der Waals surface area contributed by atoms with Gasteiger partial charge >= 0.3 is 0 Å². The van der Waals surface area contributed by atoms with E-state index in [2.05, 4.69) is 10.1 Å². The SMILES string of the molecule is Cc1nc(-c2cnn(C)c2)sc1C(=O)N1CCC(C)C(O)C1. The second kappa shape index (κ2) is 5.81. The summed E-state index contributed by atoms with van der Waals surface area (Å²) in [6.07, 6.45) is 4.03. The number of carbonyl (C=O) groups is 1. The molecule has 0 aliphatic carbocycles. The Kier molecular flexibility index (Phi) is 4.01. The highest BCUT2D eigenvalue weighted by Gasteiger charge is 2.30. The first-order valence-electron chi connectivity index (χ1n) is 7.39. The van der Waals surface area contributed by atoms with Crippen molar-refractivity contribution in [1.29, 1.82) is 0 Å². The number of nitrogens with zero attached hydrogens (tertiary/aromatic N) is 4. The number of aliphatic hydroxyl groups excluding tert-OH is 1. The van der Waals surface area contributed by atoms with Gasteiger partial charge in [-0.25, -0.2) is 4.98 Å². The van der Waals surface area contributed by atoms with Crippen molar-refractivity contribution in [1.82, 2.24) is 19.7 Å². The van der Waals surface area contributed by atoms with Crippen LogP contribution in [0.4, 0.5) is 0 Å². The molecule has 1 aliphatic rings. The molecular weight excluding hydrogens is 300 g/mol. The van der Waals surface area contributed by atoms with Crippen LogP contribution in [0.25, 0.3) is 10.6 Å². The molecule has 1 aliphatic heterocycles. The van der Waals surface area contributed by atoms with Crippen LogP contribution in [0.5, 0.6) is 0 Å². The van der Waals surface area contributed by atoms with Crippen molar-refractivity contribution in [3.05, 3.63) is 23.0 Å². The van der Waals surface area contributed by atoms with E-state index in [0.29, 0.717) is 18.0 Å². The maximum atomic E-state index is 12.7. The molecule has 0 spiro atoms. The van der Waals surface area contributed by atoms with Crippen LogP contribution in [0.1, 0.15) is 28.7 Å². The summed E-state index contributed by atoms with van der Waals surface area (Å²) in [5.74, 6) is 0.216. The van der Waals surface area contributed by atoms with Crippen LogP contribution in [0.3, 0.4) is 0 Å². The van der Waals surface area contributed by atoms with E-state index in [-0.39, 0.29) is 11.8 Å². The van der Waals surface area contributed by atoms with Gasteiger partial charge in [-0.15, -0.1) is 11.3 Å². The van der Waals surface area contributed by atoms with Crippen molar-refractivity contribution < 1.29 is 9.90 Å². The zero-order valence-corrected chi connectivity index (χ0v) is 13.8. The van der Waals surface area contributed by atoms with Crippen molar-refractivity contribution >= 4 is 17.2 Å². The quantitative estimate of drug-likeness (QED) is 0.914. The minimum atomic E-state index is -0.441. The van der Waals surface area contributed by atoms with Crippen LogP contribution in [-0.2, 0) is 7.05 Å². The number of hydrogen-bond acceptors (Lipinski definition) is 5. The number of rotatable bonds is 2. The average Bonchev–Trinajstić information content (AvgIpc) is 3.07. The molecule has 118 valence electrons. The zero-order valence-electron chi connectivity index (χ0n) is 13.0. The van der Waals surface area contributed by atoms with Gasteiger partial charge in [0, 0.05) is 31.9 Å². The first kappa shape index (κ1) is 15.2. The van der Waals surface area contributed by atoms with Crippen LogP contribution >= 0.6 is 11.3 Å². The van der Waals surface area contributed by atoms with Gasteiger partial charge in [0.05, 0.1) is 18.0 Å². The summed E-state index contributed by atoms with van der Waals surface area (Å²) < 4.78 is 1.72. The lowest BCUT2D eigenvalue weighted by molar-refractivity contribution is 0.0251. The Bertz CT molecular complexity index is 694. The van der Waals surface area contributed by atoms with Gasteiger partial charge in [0.15, 0.2) is 0 Å². The number of piperidine rings is 1. The number of aromatic nitrogens is 3. The molecule has 2 aromatic rings. The maximum Gasteiger partial charge on any atom is 0.265 e. The number of aryl methyl sites for hydroxylation is 2. The smallest absolute Gasteiger partial charge is 0.265 e. The van der Waals surface area contributed by atoms with Gasteiger partial charge in [-0.2, -0.15) is 5.10 Å². The number of hydrogen-bond donors (Lipinski definition) is 1. The molecule has 7 heteroatoms. The Morgan fingerprint density at radius 1 is 1.50 bits per heavy atom. The molecule has 1 saturated heterocycles. The Hall–Kier alpha value is -1.73. The second-order valence-electron chi connectivity index (χ2n) is 5.92. The van der Waals surface area contributed by atoms with Crippen LogP contribution in [0.15, 0.2) is 12.4 Å². The molecule has 0 aromatic carbocycles. The highest BCUT2D eigenvalue weighted by atomic mass is 32.1. The molecule has 2 aromatic heterocycles. The molecule has 6 nitrogen and oxygen atoms in total. The minimum absolute atomic E-state index is 0.0314. The molecule has 0 radical (unpaired) electrons. The van der Waals surface area contributed by atoms with Crippen LogP contribution in [0, 0.1) is 12.8 Å². The highest BCUT2D eigenvalue weighted by molar-refractivity contribution is 7.17. The molecule has 2 unspecified atom stereocenters. The van der Waals surface area contributed by atoms with Gasteiger partial charge in [0.2, 0.25) is 0 Å². The van der Waals surface area contributed by atoms with E-state index in [4.69, 9.17) is 0 Å². The fraction of sp³-hybridized carbons (Fsp3) is 0.533. The average molecular weight is 320 g/mol. The van der Waals surface area contributed by atoms with Gasteiger partial charge in [-0.1, -0.05) is 6.92 Å². The molecule has 3 heterocycles. The predicted octanol–water partition coefficient (Wildman–Crippen LogP) is 1.69. The monoisotopic (exact) mass is 320 g/mol. The summed E-state index contributed by atoms with van der Waals surface area (Å²) in [6, 6.07) is 0. The van der Waals surface area contributed by atoms with Crippen molar-refractivity contribution in [3.63, 3.8) is 0 Å². The summed E-state index contributed by atoms with van der Waals surface area (Å²) in [7, 11) is 1.85. The number of aliphatic hydroxyl groups is 1. The first-order chi connectivity index (χ1) is 10.5. The van der Waals surface area contributed by atoms with E-state index in [9.17, 15) is 9.90 Å². The Balaban J connectivity index is 1.83. The lowest BCUT2D eigenvalue weighted by Crippen LogP contribution is -2.45. The van der Waals surface area contributed by atoms with Gasteiger partial charge in [0.25, 0.3) is 5.91 Å². The molecule has 1 fully saturated rings. The zero-order chi connectivity index (χ0) is 15.9. The van der Waals surface area contributed by atoms with E-state index in [1.165, 1.54) is 11.3 Å². The Morgan fingerprint density at radius 3 is 2.91 bits per heavy atom. The lowest BCUT2D eigenvalue weighted by atomic mass is 9.96. The third kappa shape index (κ3) is 2.78. The highest BCUT2D eigenvalue weighted by Crippen LogP contribution is 2.29. The first-order valence-corrected chi connectivity index (χ1v) is 8.21. The van der Waals surface area contributed by atoms with Crippen molar-refractivity contribution in [2.24, 2.45) is 13.0 Å². The van der Waals surface area contributed by atoms with Crippen LogP contribution in [-0.4, -0.2) is 49.9 Å². The van der Waals surface area contributed by atoms with Gasteiger partial charge in [0.1, 0.15) is 9.88 Å². The van der Waals surface area contributed by atoms with Crippen LogP contribution < -0.4 is 0 Å². The minimum Gasteiger partial charge on any atom is -0.391 e. The molecule has 0 saturated carbocycles. The Labute approximate surface area is 133 Å². The van der Waals surface area contributed by atoms with E-state index >= 15 is 0 Å². The summed E-state index contributed by atoms with van der Waals surface area (Å²) in [5.41, 5.74) is 1.66. The summed E-state index contributed by atoms with van der Waals surface area (Å²) in [5, 5.41) is 14.9. The molecule has 1 N–H and O–H groups in total. The Morgan fingerprint density at radius 2 is 2.27 bits per heavy atom. The molecule has 1 amide bonds. The number of amides is 1. The summed E-state index contributed by atoms with van der Waals surface area (Å²) >= 11 is 1.39. The molecule has 3 rings (SSSR count). The summed E-state index contributed by atoms with van der Waals surface area (Å²) in [4.78, 5) is 19.6. The molecule has 22 heavy (non-hydrogen) atoms. The normalized spacial score (nSPS) is 22.1. The van der Waals surface area contributed by atoms with E-state index < -0.39 is 6.10 Å². The third-order valence-corrected chi connectivity index (χ3v) is 5.34. The fourth-order valence-corrected chi connectivity index (χ4v) is 3.64. The predicted molar refractivity (Wildman–Crippen MR) is 84.7 cm³/mol. The lowest BCUT2D eigenvalue weighted by Gasteiger charge is -2.34. The fourth-order valence-electron chi connectivity index (χ4n) is 2.63. The second-order valence-corrected chi connectivity index (χ2v) is 6.92. The number of carbonyl (C=O) groups excluding carboxylic acids is 1. The molecular formula is C15H20N4O2S. The largest absolute Gasteiger partial charge is 0.391 e. The van der Waals surface area contributed by atoms with Crippen molar-refractivity contribution in [2.45, 2.75) is 26.4 Å². The number of likely N-dealkylation sites (tertiary alicyclic amines) is 1. The van der Waals surface area contributed by atoms with E-state index in [1.54, 1.807) is 15.8 Å². The third-order valence-electron chi connectivity index (χ3n) is 4.15. The number of thiazole rings is 1. The topological polar surface area (TPSA) is 71.2 Å². The van der Waals surface area contributed by atoms with Gasteiger partial charge in [-0.05, 0) is 19.3 Å². The standard InChI is InChI=1S/C15H20N4O2S/c1-9-4-5-19(8-12(9)20)15(21)13-10(2)17-14(22-13)11-6-16-18(3)7-11/h6-7,9,12,20H,4-5,8H2,1-3H3. The molecule has 2 atom stereocenters. The van der Waals surface area contributed by atoms with Gasteiger partial charge < -0.3 is 10.0 Å².